The zero-order valence-electron chi connectivity index (χ0n) is 23.0. The Kier molecular flexibility index (Phi) is 11.1. The molecule has 0 N–H and O–H groups in total. The van der Waals surface area contributed by atoms with E-state index in [1.807, 2.05) is 98.7 Å². The minimum absolute atomic E-state index is 0.416. The molecule has 0 bridgehead atoms. The van der Waals surface area contributed by atoms with E-state index in [1.165, 1.54) is 5.56 Å². The number of amides is 1. The molecule has 0 aliphatic carbocycles. The van der Waals surface area contributed by atoms with Gasteiger partial charge in [-0.25, -0.2) is 0 Å². The van der Waals surface area contributed by atoms with Gasteiger partial charge in [0.25, 0.3) is 0 Å². The number of aryl methyl sites for hydroxylation is 1. The van der Waals surface area contributed by atoms with Crippen molar-refractivity contribution in [2.75, 3.05) is 16.8 Å². The lowest BCUT2D eigenvalue weighted by atomic mass is 9.75. The SMILES string of the molecule is CC.CC.Cc1ccc(N(C)/C=C\N(C=O)c2cccc(B3OC(C)(C)C(C)(C)O3)c2C)cc1. The lowest BCUT2D eigenvalue weighted by Gasteiger charge is -2.32. The minimum atomic E-state index is -0.470. The highest BCUT2D eigenvalue weighted by Gasteiger charge is 2.52. The van der Waals surface area contributed by atoms with Crippen LogP contribution in [-0.4, -0.2) is 31.8 Å². The number of carbonyl (C=O) groups excluding carboxylic acids is 1. The molecular weight excluding hydrogens is 423 g/mol. The normalized spacial score (nSPS) is 15.7. The van der Waals surface area contributed by atoms with Gasteiger partial charge in [-0.2, -0.15) is 0 Å². The Hall–Kier alpha value is -2.57. The molecular formula is C28H43BN2O3. The molecule has 1 aliphatic heterocycles. The fourth-order valence-corrected chi connectivity index (χ4v) is 3.36. The van der Waals surface area contributed by atoms with Crippen LogP contribution in [0.15, 0.2) is 54.9 Å². The van der Waals surface area contributed by atoms with Gasteiger partial charge in [-0.3, -0.25) is 9.69 Å². The van der Waals surface area contributed by atoms with E-state index in [4.69, 9.17) is 9.31 Å². The molecule has 2 aromatic carbocycles. The van der Waals surface area contributed by atoms with Crippen molar-refractivity contribution in [2.24, 2.45) is 0 Å². The van der Waals surface area contributed by atoms with Gasteiger partial charge in [0.1, 0.15) is 0 Å². The fourth-order valence-electron chi connectivity index (χ4n) is 3.36. The van der Waals surface area contributed by atoms with Crippen LogP contribution in [-0.2, 0) is 14.1 Å². The highest BCUT2D eigenvalue weighted by atomic mass is 16.7. The van der Waals surface area contributed by atoms with Gasteiger partial charge >= 0.3 is 7.12 Å². The third-order valence-corrected chi connectivity index (χ3v) is 6.14. The molecule has 186 valence electrons. The number of rotatable bonds is 6. The molecule has 0 atom stereocenters. The van der Waals surface area contributed by atoms with Gasteiger partial charge in [0.2, 0.25) is 6.41 Å². The Morgan fingerprint density at radius 3 is 1.85 bits per heavy atom. The van der Waals surface area contributed by atoms with Crippen molar-refractivity contribution in [2.45, 2.75) is 80.4 Å². The van der Waals surface area contributed by atoms with Crippen molar-refractivity contribution in [3.63, 3.8) is 0 Å². The Labute approximate surface area is 207 Å². The molecule has 0 unspecified atom stereocenters. The van der Waals surface area contributed by atoms with Crippen LogP contribution in [0.4, 0.5) is 11.4 Å². The van der Waals surface area contributed by atoms with E-state index in [-0.39, 0.29) is 0 Å². The van der Waals surface area contributed by atoms with Crippen LogP contribution < -0.4 is 15.3 Å². The Bertz CT molecular complexity index is 923. The third-order valence-electron chi connectivity index (χ3n) is 6.14. The van der Waals surface area contributed by atoms with Gasteiger partial charge in [0.05, 0.1) is 16.9 Å². The topological polar surface area (TPSA) is 42.0 Å². The van der Waals surface area contributed by atoms with Gasteiger partial charge in [-0.1, -0.05) is 57.5 Å². The van der Waals surface area contributed by atoms with Crippen LogP contribution in [0, 0.1) is 13.8 Å². The average Bonchev–Trinajstić information content (AvgIpc) is 3.04. The van der Waals surface area contributed by atoms with E-state index in [2.05, 4.69) is 31.2 Å². The Morgan fingerprint density at radius 1 is 0.824 bits per heavy atom. The number of carbonyl (C=O) groups is 1. The number of nitrogens with zero attached hydrogens (tertiary/aromatic N) is 2. The van der Waals surface area contributed by atoms with Crippen molar-refractivity contribution in [3.8, 4) is 0 Å². The molecule has 2 aromatic rings. The highest BCUT2D eigenvalue weighted by molar-refractivity contribution is 6.62. The maximum absolute atomic E-state index is 11.9. The number of hydrogen-bond acceptors (Lipinski definition) is 4. The molecule has 6 heteroatoms. The maximum atomic E-state index is 11.9. The zero-order valence-corrected chi connectivity index (χ0v) is 23.0. The summed E-state index contributed by atoms with van der Waals surface area (Å²) in [4.78, 5) is 15.4. The van der Waals surface area contributed by atoms with Gasteiger partial charge in [0, 0.05) is 25.1 Å². The molecule has 0 radical (unpaired) electrons. The first-order valence-corrected chi connectivity index (χ1v) is 12.2. The molecule has 0 spiro atoms. The molecule has 0 saturated carbocycles. The van der Waals surface area contributed by atoms with Crippen molar-refractivity contribution in [1.82, 2.24) is 0 Å². The molecule has 1 amide bonds. The first-order valence-electron chi connectivity index (χ1n) is 12.2. The average molecular weight is 466 g/mol. The number of anilines is 2. The Morgan fingerprint density at radius 2 is 1.35 bits per heavy atom. The van der Waals surface area contributed by atoms with E-state index in [1.54, 1.807) is 11.1 Å². The predicted octanol–water partition coefficient (Wildman–Crippen LogP) is 6.23. The van der Waals surface area contributed by atoms with Crippen LogP contribution in [0.1, 0.15) is 66.5 Å². The molecule has 3 rings (SSSR count). The summed E-state index contributed by atoms with van der Waals surface area (Å²) in [6.45, 7) is 20.2. The van der Waals surface area contributed by atoms with Crippen molar-refractivity contribution in [1.29, 1.82) is 0 Å². The van der Waals surface area contributed by atoms with E-state index in [0.717, 1.165) is 28.8 Å². The van der Waals surface area contributed by atoms with Crippen LogP contribution in [0.3, 0.4) is 0 Å². The zero-order chi connectivity index (χ0) is 26.1. The summed E-state index contributed by atoms with van der Waals surface area (Å²) in [5.41, 5.74) is 4.10. The van der Waals surface area contributed by atoms with Crippen molar-refractivity contribution >= 4 is 30.4 Å². The third kappa shape index (κ3) is 6.74. The van der Waals surface area contributed by atoms with Crippen LogP contribution in [0.5, 0.6) is 0 Å². The number of hydrogen-bond donors (Lipinski definition) is 0. The largest absolute Gasteiger partial charge is 0.495 e. The molecule has 1 heterocycles. The second kappa shape index (κ2) is 12.8. The molecule has 34 heavy (non-hydrogen) atoms. The predicted molar refractivity (Wildman–Crippen MR) is 147 cm³/mol. The first kappa shape index (κ1) is 29.5. The summed E-state index contributed by atoms with van der Waals surface area (Å²) in [5, 5.41) is 0. The monoisotopic (exact) mass is 466 g/mol. The van der Waals surface area contributed by atoms with Crippen molar-refractivity contribution < 1.29 is 14.1 Å². The lowest BCUT2D eigenvalue weighted by Crippen LogP contribution is -2.41. The van der Waals surface area contributed by atoms with Crippen LogP contribution in [0.2, 0.25) is 0 Å². The van der Waals surface area contributed by atoms with Crippen LogP contribution in [0.25, 0.3) is 0 Å². The Balaban J connectivity index is 0.00000137. The summed E-state index contributed by atoms with van der Waals surface area (Å²) in [7, 11) is 1.49. The molecule has 1 fully saturated rings. The minimum Gasteiger partial charge on any atom is -0.399 e. The molecule has 5 nitrogen and oxygen atoms in total. The highest BCUT2D eigenvalue weighted by Crippen LogP contribution is 2.37. The lowest BCUT2D eigenvalue weighted by molar-refractivity contribution is -0.106. The quantitative estimate of drug-likeness (QED) is 0.374. The van der Waals surface area contributed by atoms with E-state index < -0.39 is 18.3 Å². The maximum Gasteiger partial charge on any atom is 0.495 e. The molecule has 1 aliphatic rings. The van der Waals surface area contributed by atoms with Gasteiger partial charge < -0.3 is 14.2 Å². The standard InChI is InChI=1S/C24H31BN2O3.2C2H6/c1-18-11-13-20(14-12-18)26(7)15-16-27(17-28)22-10-8-9-21(19(22)2)25-29-23(3,4)24(5,6)30-25;2*1-2/h8-17H,1-7H3;2*1-2H3/b16-15-;;. The second-order valence-electron chi connectivity index (χ2n) is 8.84. The number of benzene rings is 2. The summed E-state index contributed by atoms with van der Waals surface area (Å²) in [6.07, 6.45) is 4.46. The summed E-state index contributed by atoms with van der Waals surface area (Å²) in [6, 6.07) is 14.1. The van der Waals surface area contributed by atoms with E-state index in [0.29, 0.717) is 0 Å². The van der Waals surface area contributed by atoms with Gasteiger partial charge in [-0.15, -0.1) is 0 Å². The van der Waals surface area contributed by atoms with E-state index in [9.17, 15) is 4.79 Å². The smallest absolute Gasteiger partial charge is 0.399 e. The van der Waals surface area contributed by atoms with E-state index >= 15 is 0 Å². The van der Waals surface area contributed by atoms with Gasteiger partial charge in [-0.05, 0) is 70.8 Å². The second-order valence-corrected chi connectivity index (χ2v) is 8.84. The first-order chi connectivity index (χ1) is 16.1. The summed E-state index contributed by atoms with van der Waals surface area (Å²) < 4.78 is 12.4. The van der Waals surface area contributed by atoms with Crippen LogP contribution >= 0.6 is 0 Å². The summed E-state index contributed by atoms with van der Waals surface area (Å²) >= 11 is 0. The molecule has 1 saturated heterocycles. The van der Waals surface area contributed by atoms with Gasteiger partial charge in [0.15, 0.2) is 0 Å². The van der Waals surface area contributed by atoms with Crippen molar-refractivity contribution in [3.05, 3.63) is 66.0 Å². The molecule has 0 aromatic heterocycles. The summed E-state index contributed by atoms with van der Waals surface area (Å²) in [5.74, 6) is 0. The fraction of sp³-hybridized carbons (Fsp3) is 0.464.